The molecule has 6 nitrogen and oxygen atoms in total. The number of esters is 1. The summed E-state index contributed by atoms with van der Waals surface area (Å²) in [6.45, 7) is 7.74. The highest BCUT2D eigenvalue weighted by Crippen LogP contribution is 1.94. The van der Waals surface area contributed by atoms with E-state index in [9.17, 15) is 4.79 Å². The van der Waals surface area contributed by atoms with Crippen LogP contribution in [0.3, 0.4) is 0 Å². The van der Waals surface area contributed by atoms with Crippen LogP contribution in [-0.2, 0) is 23.7 Å². The first kappa shape index (κ1) is 19.3. The predicted molar refractivity (Wildman–Crippen MR) is 76.8 cm³/mol. The van der Waals surface area contributed by atoms with Gasteiger partial charge < -0.3 is 24.3 Å². The summed E-state index contributed by atoms with van der Waals surface area (Å²) < 4.78 is 20.7. The fraction of sp³-hybridized carbons (Fsp3) is 0.929. The fourth-order valence-corrected chi connectivity index (χ4v) is 1.48. The van der Waals surface area contributed by atoms with Crippen LogP contribution in [-0.4, -0.2) is 65.3 Å². The molecule has 6 heteroatoms. The number of carbonyl (C=O) groups excluding carboxylic acids is 1. The monoisotopic (exact) mass is 291 g/mol. The maximum Gasteiger partial charge on any atom is 0.325 e. The third kappa shape index (κ3) is 11.2. The predicted octanol–water partition coefficient (Wildman–Crippen LogP) is 0.987. The Labute approximate surface area is 122 Å². The SMILES string of the molecule is CCCNC(COCCCOCCOC)C(=O)OCC. The van der Waals surface area contributed by atoms with Crippen molar-refractivity contribution >= 4 is 5.97 Å². The molecule has 0 spiro atoms. The molecule has 0 aliphatic heterocycles. The second kappa shape index (κ2) is 14.7. The van der Waals surface area contributed by atoms with Crippen LogP contribution in [0.2, 0.25) is 0 Å². The minimum absolute atomic E-state index is 0.253. The molecule has 0 fully saturated rings. The van der Waals surface area contributed by atoms with Crippen molar-refractivity contribution in [1.29, 1.82) is 0 Å². The summed E-state index contributed by atoms with van der Waals surface area (Å²) in [7, 11) is 1.64. The first-order valence-electron chi connectivity index (χ1n) is 7.30. The van der Waals surface area contributed by atoms with E-state index >= 15 is 0 Å². The van der Waals surface area contributed by atoms with Gasteiger partial charge in [-0.05, 0) is 26.3 Å². The quantitative estimate of drug-likeness (QED) is 0.380. The molecular weight excluding hydrogens is 262 g/mol. The smallest absolute Gasteiger partial charge is 0.325 e. The number of rotatable bonds is 14. The Bertz CT molecular complexity index is 226. The Balaban J connectivity index is 3.65. The molecule has 0 bridgehead atoms. The van der Waals surface area contributed by atoms with Gasteiger partial charge in [0.2, 0.25) is 0 Å². The molecule has 0 aliphatic carbocycles. The van der Waals surface area contributed by atoms with E-state index in [0.29, 0.717) is 39.6 Å². The molecule has 1 N–H and O–H groups in total. The lowest BCUT2D eigenvalue weighted by Crippen LogP contribution is -2.42. The second-order valence-electron chi connectivity index (χ2n) is 4.29. The van der Waals surface area contributed by atoms with Crippen LogP contribution in [0.1, 0.15) is 26.7 Å². The third-order valence-corrected chi connectivity index (χ3v) is 2.51. The molecule has 0 rings (SSSR count). The van der Waals surface area contributed by atoms with Crippen molar-refractivity contribution < 1.29 is 23.7 Å². The maximum atomic E-state index is 11.7. The van der Waals surface area contributed by atoms with Crippen LogP contribution >= 0.6 is 0 Å². The summed E-state index contributed by atoms with van der Waals surface area (Å²) in [5, 5.41) is 3.13. The third-order valence-electron chi connectivity index (χ3n) is 2.51. The topological polar surface area (TPSA) is 66.0 Å². The molecule has 0 aromatic heterocycles. The van der Waals surface area contributed by atoms with Gasteiger partial charge in [-0.3, -0.25) is 4.79 Å². The maximum absolute atomic E-state index is 11.7. The van der Waals surface area contributed by atoms with Gasteiger partial charge in [0.05, 0.1) is 26.4 Å². The molecule has 0 saturated heterocycles. The van der Waals surface area contributed by atoms with E-state index in [-0.39, 0.29) is 12.0 Å². The van der Waals surface area contributed by atoms with Crippen LogP contribution in [0.4, 0.5) is 0 Å². The van der Waals surface area contributed by atoms with Crippen molar-refractivity contribution in [3.8, 4) is 0 Å². The first-order valence-corrected chi connectivity index (χ1v) is 7.30. The second-order valence-corrected chi connectivity index (χ2v) is 4.29. The van der Waals surface area contributed by atoms with E-state index in [4.69, 9.17) is 18.9 Å². The van der Waals surface area contributed by atoms with Crippen molar-refractivity contribution in [2.24, 2.45) is 0 Å². The molecular formula is C14H29NO5. The van der Waals surface area contributed by atoms with E-state index in [1.165, 1.54) is 0 Å². The zero-order valence-electron chi connectivity index (χ0n) is 13.0. The number of methoxy groups -OCH3 is 1. The summed E-state index contributed by atoms with van der Waals surface area (Å²) in [5.41, 5.74) is 0. The summed E-state index contributed by atoms with van der Waals surface area (Å²) in [4.78, 5) is 11.7. The molecule has 1 unspecified atom stereocenters. The van der Waals surface area contributed by atoms with E-state index in [2.05, 4.69) is 5.32 Å². The van der Waals surface area contributed by atoms with Crippen LogP contribution in [0.5, 0.6) is 0 Å². The highest BCUT2D eigenvalue weighted by Gasteiger charge is 2.18. The number of carbonyl (C=O) groups is 1. The fourth-order valence-electron chi connectivity index (χ4n) is 1.48. The number of hydrogen-bond donors (Lipinski definition) is 1. The molecule has 120 valence electrons. The zero-order valence-corrected chi connectivity index (χ0v) is 13.0. The summed E-state index contributed by atoms with van der Waals surface area (Å²) in [5.74, 6) is -0.253. The minimum Gasteiger partial charge on any atom is -0.465 e. The molecule has 20 heavy (non-hydrogen) atoms. The first-order chi connectivity index (χ1) is 9.76. The van der Waals surface area contributed by atoms with Gasteiger partial charge in [0.25, 0.3) is 0 Å². The zero-order chi connectivity index (χ0) is 15.1. The molecule has 0 heterocycles. The number of ether oxygens (including phenoxy) is 4. The Morgan fingerprint density at radius 1 is 1.10 bits per heavy atom. The van der Waals surface area contributed by atoms with Crippen molar-refractivity contribution in [1.82, 2.24) is 5.32 Å². The lowest BCUT2D eigenvalue weighted by molar-refractivity contribution is -0.147. The van der Waals surface area contributed by atoms with E-state index in [1.807, 2.05) is 6.92 Å². The molecule has 0 saturated carbocycles. The van der Waals surface area contributed by atoms with Crippen LogP contribution in [0.15, 0.2) is 0 Å². The molecule has 0 aliphatic rings. The van der Waals surface area contributed by atoms with Crippen LogP contribution < -0.4 is 5.32 Å². The van der Waals surface area contributed by atoms with Gasteiger partial charge in [-0.1, -0.05) is 6.92 Å². The molecule has 0 aromatic rings. The van der Waals surface area contributed by atoms with Gasteiger partial charge >= 0.3 is 5.97 Å². The van der Waals surface area contributed by atoms with E-state index in [1.54, 1.807) is 14.0 Å². The normalized spacial score (nSPS) is 12.3. The minimum atomic E-state index is -0.385. The Morgan fingerprint density at radius 3 is 2.50 bits per heavy atom. The van der Waals surface area contributed by atoms with E-state index in [0.717, 1.165) is 19.4 Å². The van der Waals surface area contributed by atoms with Gasteiger partial charge in [-0.25, -0.2) is 0 Å². The summed E-state index contributed by atoms with van der Waals surface area (Å²) >= 11 is 0. The Kier molecular flexibility index (Phi) is 14.2. The Hall–Kier alpha value is -0.690. The lowest BCUT2D eigenvalue weighted by atomic mass is 10.3. The molecule has 0 aromatic carbocycles. The standard InChI is InChI=1S/C14H29NO5/c1-4-7-15-13(14(16)20-5-2)12-19-9-6-8-18-11-10-17-3/h13,15H,4-12H2,1-3H3. The highest BCUT2D eigenvalue weighted by molar-refractivity contribution is 5.75. The van der Waals surface area contributed by atoms with Crippen molar-refractivity contribution in [3.63, 3.8) is 0 Å². The molecule has 0 amide bonds. The van der Waals surface area contributed by atoms with Crippen molar-refractivity contribution in [2.75, 3.05) is 53.3 Å². The van der Waals surface area contributed by atoms with Crippen molar-refractivity contribution in [2.45, 2.75) is 32.7 Å². The van der Waals surface area contributed by atoms with Gasteiger partial charge in [0, 0.05) is 20.3 Å². The lowest BCUT2D eigenvalue weighted by Gasteiger charge is -2.17. The average molecular weight is 291 g/mol. The largest absolute Gasteiger partial charge is 0.465 e. The van der Waals surface area contributed by atoms with Gasteiger partial charge in [0.15, 0.2) is 0 Å². The van der Waals surface area contributed by atoms with Gasteiger partial charge in [-0.15, -0.1) is 0 Å². The van der Waals surface area contributed by atoms with Gasteiger partial charge in [-0.2, -0.15) is 0 Å². The highest BCUT2D eigenvalue weighted by atomic mass is 16.5. The van der Waals surface area contributed by atoms with E-state index < -0.39 is 0 Å². The van der Waals surface area contributed by atoms with Gasteiger partial charge in [0.1, 0.15) is 6.04 Å². The summed E-state index contributed by atoms with van der Waals surface area (Å²) in [6.07, 6.45) is 1.76. The van der Waals surface area contributed by atoms with Crippen LogP contribution in [0.25, 0.3) is 0 Å². The number of hydrogen-bond acceptors (Lipinski definition) is 6. The Morgan fingerprint density at radius 2 is 1.85 bits per heavy atom. The average Bonchev–Trinajstić information content (AvgIpc) is 2.45. The molecule has 0 radical (unpaired) electrons. The van der Waals surface area contributed by atoms with Crippen molar-refractivity contribution in [3.05, 3.63) is 0 Å². The summed E-state index contributed by atoms with van der Waals surface area (Å²) in [6, 6.07) is -0.385. The van der Waals surface area contributed by atoms with Crippen LogP contribution in [0, 0.1) is 0 Å². The molecule has 1 atom stereocenters. The number of nitrogens with one attached hydrogen (secondary N) is 1.